The van der Waals surface area contributed by atoms with Crippen LogP contribution in [0.1, 0.15) is 37.7 Å². The number of carbonyl (C=O) groups is 2. The molecule has 178 valence electrons. The van der Waals surface area contributed by atoms with Crippen LogP contribution < -0.4 is 15.4 Å². The number of hydrogen-bond acceptors (Lipinski definition) is 5. The molecule has 8 nitrogen and oxygen atoms in total. The van der Waals surface area contributed by atoms with E-state index in [-0.39, 0.29) is 17.2 Å². The van der Waals surface area contributed by atoms with Gasteiger partial charge >= 0.3 is 0 Å². The van der Waals surface area contributed by atoms with Gasteiger partial charge in [-0.3, -0.25) is 14.5 Å². The van der Waals surface area contributed by atoms with Crippen LogP contribution in [0.25, 0.3) is 0 Å². The molecule has 1 spiro atoms. The molecule has 8 heteroatoms. The fraction of sp³-hybridized carbons (Fsp3) is 0.560. The molecule has 2 aliphatic heterocycles. The van der Waals surface area contributed by atoms with Crippen LogP contribution >= 0.6 is 0 Å². The predicted octanol–water partition coefficient (Wildman–Crippen LogP) is 2.00. The molecule has 0 unspecified atom stereocenters. The fourth-order valence-corrected chi connectivity index (χ4v) is 4.88. The van der Waals surface area contributed by atoms with E-state index in [2.05, 4.69) is 32.7 Å². The van der Waals surface area contributed by atoms with Gasteiger partial charge in [-0.25, -0.2) is 4.98 Å². The minimum atomic E-state index is -0.340. The number of benzene rings is 1. The maximum Gasteiger partial charge on any atom is 0.234 e. The maximum absolute atomic E-state index is 13.2. The Kier molecular flexibility index (Phi) is 7.99. The summed E-state index contributed by atoms with van der Waals surface area (Å²) >= 11 is 0. The predicted molar refractivity (Wildman–Crippen MR) is 126 cm³/mol. The summed E-state index contributed by atoms with van der Waals surface area (Å²) in [5, 5.41) is 6.10. The van der Waals surface area contributed by atoms with Gasteiger partial charge in [0.05, 0.1) is 24.8 Å². The smallest absolute Gasteiger partial charge is 0.234 e. The quantitative estimate of drug-likeness (QED) is 0.723. The first-order valence-corrected chi connectivity index (χ1v) is 12.1. The van der Waals surface area contributed by atoms with E-state index in [1.807, 2.05) is 22.9 Å². The van der Waals surface area contributed by atoms with E-state index in [1.54, 1.807) is 12.5 Å². The summed E-state index contributed by atoms with van der Waals surface area (Å²) in [6.07, 6.45) is 10.9. The first kappa shape index (κ1) is 23.3. The van der Waals surface area contributed by atoms with Crippen LogP contribution in [-0.2, 0) is 22.6 Å². The standard InChI is InChI=1S/C25H35N5O3/c31-23(27-12-17-30-16-11-26-20-30)19-29-14-9-25(10-15-29)8-4-3-6-21-5-1-2-7-22(21)33-18-13-28-24(25)32/h1-2,5,7,11,16,20H,3-4,6,8-10,12-15,17-19H2,(H,27,31)(H,28,32). The summed E-state index contributed by atoms with van der Waals surface area (Å²) in [6, 6.07) is 8.19. The number of nitrogens with zero attached hydrogens (tertiary/aromatic N) is 3. The Bertz CT molecular complexity index is 907. The number of rotatable bonds is 5. The molecular weight excluding hydrogens is 418 g/mol. The molecule has 1 aromatic carbocycles. The summed E-state index contributed by atoms with van der Waals surface area (Å²) in [5.74, 6) is 1.10. The van der Waals surface area contributed by atoms with Crippen molar-refractivity contribution in [3.8, 4) is 5.75 Å². The van der Waals surface area contributed by atoms with Gasteiger partial charge in [-0.15, -0.1) is 0 Å². The van der Waals surface area contributed by atoms with Crippen molar-refractivity contribution in [3.05, 3.63) is 48.5 Å². The van der Waals surface area contributed by atoms with Gasteiger partial charge in [0.2, 0.25) is 11.8 Å². The van der Waals surface area contributed by atoms with Gasteiger partial charge in [-0.2, -0.15) is 0 Å². The Hall–Kier alpha value is -2.87. The topological polar surface area (TPSA) is 88.5 Å². The second-order valence-electron chi connectivity index (χ2n) is 9.13. The van der Waals surface area contributed by atoms with Crippen molar-refractivity contribution in [2.75, 3.05) is 39.3 Å². The molecule has 0 radical (unpaired) electrons. The number of imidazole rings is 1. The average molecular weight is 454 g/mol. The number of likely N-dealkylation sites (tertiary alicyclic amines) is 1. The van der Waals surface area contributed by atoms with E-state index in [1.165, 1.54) is 5.56 Å². The number of aryl methyl sites for hydroxylation is 1. The molecule has 33 heavy (non-hydrogen) atoms. The van der Waals surface area contributed by atoms with Crippen molar-refractivity contribution in [3.63, 3.8) is 0 Å². The minimum absolute atomic E-state index is 0.0324. The molecule has 2 N–H and O–H groups in total. The third kappa shape index (κ3) is 6.35. The monoisotopic (exact) mass is 453 g/mol. The molecule has 1 saturated heterocycles. The van der Waals surface area contributed by atoms with Crippen LogP contribution in [0.15, 0.2) is 43.0 Å². The van der Waals surface area contributed by atoms with Crippen molar-refractivity contribution >= 4 is 11.8 Å². The van der Waals surface area contributed by atoms with Gasteiger partial charge in [-0.1, -0.05) is 24.6 Å². The van der Waals surface area contributed by atoms with Crippen LogP contribution in [-0.4, -0.2) is 65.6 Å². The average Bonchev–Trinajstić information content (AvgIpc) is 3.34. The van der Waals surface area contributed by atoms with Gasteiger partial charge in [0.15, 0.2) is 0 Å². The largest absolute Gasteiger partial charge is 0.491 e. The van der Waals surface area contributed by atoms with Crippen molar-refractivity contribution < 1.29 is 14.3 Å². The highest BCUT2D eigenvalue weighted by Gasteiger charge is 2.40. The van der Waals surface area contributed by atoms with Crippen LogP contribution in [0.4, 0.5) is 0 Å². The minimum Gasteiger partial charge on any atom is -0.491 e. The maximum atomic E-state index is 13.2. The molecule has 1 aromatic heterocycles. The normalized spacial score (nSPS) is 19.5. The molecule has 0 bridgehead atoms. The lowest BCUT2D eigenvalue weighted by atomic mass is 9.73. The SMILES string of the molecule is O=C(CN1CCC2(CCCCc3ccccc3OCCNC2=O)CC1)NCCn1ccnc1. The Morgan fingerprint density at radius 2 is 2.03 bits per heavy atom. The van der Waals surface area contributed by atoms with E-state index >= 15 is 0 Å². The zero-order valence-electron chi connectivity index (χ0n) is 19.3. The number of para-hydroxylation sites is 1. The Labute approximate surface area is 195 Å². The Morgan fingerprint density at radius 3 is 2.85 bits per heavy atom. The molecule has 1 fully saturated rings. The first-order valence-electron chi connectivity index (χ1n) is 12.1. The summed E-state index contributed by atoms with van der Waals surface area (Å²) in [4.78, 5) is 31.7. The third-order valence-electron chi connectivity index (χ3n) is 6.88. The summed E-state index contributed by atoms with van der Waals surface area (Å²) < 4.78 is 7.87. The lowest BCUT2D eigenvalue weighted by Crippen LogP contribution is -2.51. The molecule has 4 rings (SSSR count). The molecule has 3 heterocycles. The fourth-order valence-electron chi connectivity index (χ4n) is 4.88. The van der Waals surface area contributed by atoms with Crippen LogP contribution in [0, 0.1) is 5.41 Å². The molecule has 0 atom stereocenters. The van der Waals surface area contributed by atoms with Gasteiger partial charge in [0.25, 0.3) is 0 Å². The van der Waals surface area contributed by atoms with E-state index in [4.69, 9.17) is 4.74 Å². The van der Waals surface area contributed by atoms with Gasteiger partial charge in [0.1, 0.15) is 12.4 Å². The summed E-state index contributed by atoms with van der Waals surface area (Å²) in [7, 11) is 0. The lowest BCUT2D eigenvalue weighted by Gasteiger charge is -2.40. The van der Waals surface area contributed by atoms with Crippen molar-refractivity contribution in [1.29, 1.82) is 0 Å². The van der Waals surface area contributed by atoms with Crippen molar-refractivity contribution in [2.45, 2.75) is 45.1 Å². The van der Waals surface area contributed by atoms with Crippen LogP contribution in [0.5, 0.6) is 5.75 Å². The number of hydrogen-bond donors (Lipinski definition) is 2. The number of nitrogens with one attached hydrogen (secondary N) is 2. The zero-order chi connectivity index (χ0) is 22.9. The third-order valence-corrected chi connectivity index (χ3v) is 6.88. The van der Waals surface area contributed by atoms with E-state index < -0.39 is 0 Å². The van der Waals surface area contributed by atoms with Crippen molar-refractivity contribution in [2.24, 2.45) is 5.41 Å². The first-order chi connectivity index (χ1) is 16.1. The second-order valence-corrected chi connectivity index (χ2v) is 9.13. The van der Waals surface area contributed by atoms with Gasteiger partial charge in [-0.05, 0) is 56.8 Å². The molecule has 0 aliphatic carbocycles. The van der Waals surface area contributed by atoms with Crippen molar-refractivity contribution in [1.82, 2.24) is 25.1 Å². The highest BCUT2D eigenvalue weighted by atomic mass is 16.5. The Balaban J connectivity index is 1.26. The van der Waals surface area contributed by atoms with E-state index in [0.717, 1.165) is 57.4 Å². The van der Waals surface area contributed by atoms with Crippen LogP contribution in [0.2, 0.25) is 0 Å². The number of carbonyl (C=O) groups excluding carboxylic acids is 2. The second kappa shape index (κ2) is 11.3. The van der Waals surface area contributed by atoms with Crippen LogP contribution in [0.3, 0.4) is 0 Å². The number of amides is 2. The zero-order valence-corrected chi connectivity index (χ0v) is 19.3. The highest BCUT2D eigenvalue weighted by Crippen LogP contribution is 2.37. The molecule has 2 aliphatic rings. The van der Waals surface area contributed by atoms with Gasteiger partial charge < -0.3 is 19.9 Å². The highest BCUT2D eigenvalue weighted by molar-refractivity contribution is 5.83. The number of ether oxygens (including phenoxy) is 1. The van der Waals surface area contributed by atoms with E-state index in [9.17, 15) is 9.59 Å². The van der Waals surface area contributed by atoms with E-state index in [0.29, 0.717) is 32.8 Å². The summed E-state index contributed by atoms with van der Waals surface area (Å²) in [6.45, 7) is 4.20. The number of piperidine rings is 1. The van der Waals surface area contributed by atoms with Gasteiger partial charge in [0, 0.05) is 25.5 Å². The number of fused-ring (bicyclic) bond motifs is 1. The Morgan fingerprint density at radius 1 is 1.18 bits per heavy atom. The molecule has 2 aromatic rings. The molecule has 0 saturated carbocycles. The number of aromatic nitrogens is 2. The summed E-state index contributed by atoms with van der Waals surface area (Å²) in [5.41, 5.74) is 0.903. The lowest BCUT2D eigenvalue weighted by molar-refractivity contribution is -0.135. The molecular formula is C25H35N5O3. The molecule has 2 amide bonds.